The molecule has 0 saturated heterocycles. The number of nitrogens with two attached hydrogens (primary N) is 2. The molecule has 0 aliphatic carbocycles. The summed E-state index contributed by atoms with van der Waals surface area (Å²) in [6.07, 6.45) is 2.25. The number of hydrogen-bond donors (Lipinski definition) is 6. The Bertz CT molecular complexity index is 538. The summed E-state index contributed by atoms with van der Waals surface area (Å²) < 4.78 is 0. The maximum atomic E-state index is 12.2. The van der Waals surface area contributed by atoms with E-state index in [1.165, 1.54) is 6.92 Å². The Morgan fingerprint density at radius 3 is 2.29 bits per heavy atom. The summed E-state index contributed by atoms with van der Waals surface area (Å²) in [5.41, 5.74) is 10.5. The van der Waals surface area contributed by atoms with Gasteiger partial charge < -0.3 is 33.2 Å². The van der Waals surface area contributed by atoms with Gasteiger partial charge in [-0.15, -0.1) is 0 Å². The molecule has 0 radical (unpaired) electrons. The number of rotatable bonds is 13. The number of carbonyl (C=O) groups is 4. The topological polar surface area (TPSA) is 170 Å². The van der Waals surface area contributed by atoms with Crippen molar-refractivity contribution in [2.75, 3.05) is 13.1 Å². The molecule has 0 unspecified atom stereocenters. The molecule has 0 aromatic rings. The van der Waals surface area contributed by atoms with Crippen molar-refractivity contribution < 1.29 is 36.6 Å². The first-order valence-corrected chi connectivity index (χ1v) is 9.06. The second-order valence-corrected chi connectivity index (χ2v) is 6.76. The normalized spacial score (nSPS) is 12.1. The Labute approximate surface area is 172 Å². The van der Waals surface area contributed by atoms with Crippen LogP contribution in [0.3, 0.4) is 0 Å². The van der Waals surface area contributed by atoms with Crippen LogP contribution < -0.4 is 44.8 Å². The van der Waals surface area contributed by atoms with Crippen LogP contribution in [-0.2, 0) is 19.2 Å². The van der Waals surface area contributed by atoms with Gasteiger partial charge in [0.2, 0.25) is 17.7 Å². The smallest absolute Gasteiger partial charge is 0.338 e. The molecule has 0 aliphatic rings. The molecule has 10 nitrogen and oxygen atoms in total. The van der Waals surface area contributed by atoms with Crippen LogP contribution >= 0.6 is 0 Å². The lowest BCUT2D eigenvalue weighted by Gasteiger charge is -2.19. The molecule has 0 spiro atoms. The first-order valence-electron chi connectivity index (χ1n) is 9.06. The van der Waals surface area contributed by atoms with Gasteiger partial charge in [-0.05, 0) is 25.2 Å². The van der Waals surface area contributed by atoms with Crippen molar-refractivity contribution in [2.45, 2.75) is 58.5 Å². The van der Waals surface area contributed by atoms with E-state index >= 15 is 0 Å². The Morgan fingerprint density at radius 1 is 1.14 bits per heavy atom. The second kappa shape index (κ2) is 15.7. The first-order chi connectivity index (χ1) is 12.6. The highest BCUT2D eigenvalue weighted by Gasteiger charge is 2.20. The second-order valence-electron chi connectivity index (χ2n) is 6.76. The zero-order valence-electron chi connectivity index (χ0n) is 16.7. The molecule has 0 rings (SSSR count). The van der Waals surface area contributed by atoms with Crippen molar-refractivity contribution in [3.05, 3.63) is 0 Å². The average Bonchev–Trinajstić information content (AvgIpc) is 2.55. The number of aldehydes is 1. The number of halogens is 1. The van der Waals surface area contributed by atoms with E-state index in [9.17, 15) is 19.2 Å². The van der Waals surface area contributed by atoms with Crippen LogP contribution in [0.4, 0.5) is 0 Å². The standard InChI is InChI=1S/C17H32N6O4.ClH/c1-11(2)9-14(22-12(3)25)16(27)20-8-6-15(26)23-13(10-24)5-4-7-21-17(18)19;/h10-11,13-14H,4-9H2,1-3H3,(H,20,27)(H,22,25)(H,23,26)(H4,18,19,21);1H/t13-,14-;/m0./s1/i10+1;. The van der Waals surface area contributed by atoms with E-state index < -0.39 is 12.1 Å². The van der Waals surface area contributed by atoms with Gasteiger partial charge in [-0.25, -0.2) is 0 Å². The lowest BCUT2D eigenvalue weighted by atomic mass is 10.0. The van der Waals surface area contributed by atoms with Gasteiger partial charge in [0.15, 0.2) is 0 Å². The minimum absolute atomic E-state index is 0. The van der Waals surface area contributed by atoms with Crippen molar-refractivity contribution >= 4 is 30.0 Å². The molecule has 162 valence electrons. The zero-order chi connectivity index (χ0) is 20.8. The van der Waals surface area contributed by atoms with Crippen molar-refractivity contribution in [3.8, 4) is 0 Å². The summed E-state index contributed by atoms with van der Waals surface area (Å²) in [6, 6.07) is -1.24. The molecular weight excluding hydrogens is 389 g/mol. The Kier molecular flexibility index (Phi) is 15.6. The largest absolute Gasteiger partial charge is 1.00 e. The van der Waals surface area contributed by atoms with Gasteiger partial charge in [0.1, 0.15) is 12.3 Å². The van der Waals surface area contributed by atoms with Crippen molar-refractivity contribution in [1.82, 2.24) is 16.0 Å². The van der Waals surface area contributed by atoms with Gasteiger partial charge in [0, 0.05) is 19.9 Å². The fraction of sp³-hybridized carbons (Fsp3) is 0.706. The van der Waals surface area contributed by atoms with Crippen molar-refractivity contribution in [2.24, 2.45) is 17.4 Å². The maximum absolute atomic E-state index is 12.2. The summed E-state index contributed by atoms with van der Waals surface area (Å²) in [4.78, 5) is 49.1. The van der Waals surface area contributed by atoms with Gasteiger partial charge in [0.25, 0.3) is 0 Å². The molecule has 2 atom stereocenters. The summed E-state index contributed by atoms with van der Waals surface area (Å²) in [5.74, 6) is -0.630. The van der Waals surface area contributed by atoms with Crippen LogP contribution in [0.25, 0.3) is 0 Å². The zero-order valence-corrected chi connectivity index (χ0v) is 17.5. The Morgan fingerprint density at radius 2 is 1.79 bits per heavy atom. The minimum atomic E-state index is -0.632. The highest BCUT2D eigenvalue weighted by molar-refractivity contribution is 5.87. The summed E-state index contributed by atoms with van der Waals surface area (Å²) in [6.45, 7) is 5.86. The van der Waals surface area contributed by atoms with Gasteiger partial charge in [-0.2, -0.15) is 0 Å². The third kappa shape index (κ3) is 14.8. The van der Waals surface area contributed by atoms with E-state index in [4.69, 9.17) is 11.5 Å². The molecule has 0 aromatic carbocycles. The third-order valence-electron chi connectivity index (χ3n) is 3.58. The van der Waals surface area contributed by atoms with E-state index in [0.717, 1.165) is 0 Å². The van der Waals surface area contributed by atoms with E-state index in [0.29, 0.717) is 32.1 Å². The first kappa shape index (κ1) is 27.9. The van der Waals surface area contributed by atoms with Crippen LogP contribution in [0.5, 0.6) is 0 Å². The van der Waals surface area contributed by atoms with Gasteiger partial charge in [-0.3, -0.25) is 30.8 Å². The van der Waals surface area contributed by atoms with E-state index in [-0.39, 0.29) is 55.0 Å². The van der Waals surface area contributed by atoms with Crippen LogP contribution in [-0.4, -0.2) is 55.1 Å². The van der Waals surface area contributed by atoms with E-state index in [1.54, 1.807) is 0 Å². The molecule has 0 heterocycles. The predicted molar refractivity (Wildman–Crippen MR) is 101 cm³/mol. The lowest BCUT2D eigenvalue weighted by Crippen LogP contribution is -3.00. The number of nitrogens with one attached hydrogen (secondary N) is 4. The van der Waals surface area contributed by atoms with Gasteiger partial charge in [-0.1, -0.05) is 13.8 Å². The van der Waals surface area contributed by atoms with Gasteiger partial charge >= 0.3 is 5.96 Å². The number of hydrogen-bond acceptors (Lipinski definition) is 4. The van der Waals surface area contributed by atoms with Gasteiger partial charge in [0.05, 0.1) is 12.6 Å². The molecule has 0 bridgehead atoms. The van der Waals surface area contributed by atoms with Crippen LogP contribution in [0.1, 0.15) is 46.5 Å². The van der Waals surface area contributed by atoms with Crippen molar-refractivity contribution in [1.29, 1.82) is 0 Å². The maximum Gasteiger partial charge on any atom is 0.338 e. The van der Waals surface area contributed by atoms with E-state index in [1.807, 2.05) is 13.8 Å². The van der Waals surface area contributed by atoms with Crippen LogP contribution in [0.2, 0.25) is 0 Å². The minimum Gasteiger partial charge on any atom is -1.00 e. The van der Waals surface area contributed by atoms with Crippen LogP contribution in [0, 0.1) is 5.92 Å². The fourth-order valence-corrected chi connectivity index (χ4v) is 2.38. The average molecular weight is 422 g/mol. The Balaban J connectivity index is 0. The quantitative estimate of drug-likeness (QED) is 0.0568. The fourth-order valence-electron chi connectivity index (χ4n) is 2.38. The predicted octanol–water partition coefficient (Wildman–Crippen LogP) is -6.13. The monoisotopic (exact) mass is 421 g/mol. The van der Waals surface area contributed by atoms with Crippen LogP contribution in [0.15, 0.2) is 0 Å². The number of guanidine groups is 1. The number of carbonyl (C=O) groups excluding carboxylic acids is 4. The molecule has 0 aromatic heterocycles. The molecule has 0 saturated carbocycles. The SMILES string of the molecule is CC(=O)N[C@@H](CC(C)C)C(=O)NCCC(=O)N[C@@H](CCC[NH+]=C(N)N)[13CH]=O.[Cl-]. The Hall–Kier alpha value is -2.36. The molecule has 28 heavy (non-hydrogen) atoms. The van der Waals surface area contributed by atoms with Crippen molar-refractivity contribution in [3.63, 3.8) is 0 Å². The highest BCUT2D eigenvalue weighted by atomic mass is 35.5. The molecule has 0 fully saturated rings. The molecule has 11 heteroatoms. The lowest BCUT2D eigenvalue weighted by molar-refractivity contribution is -0.459. The summed E-state index contributed by atoms with van der Waals surface area (Å²) in [5, 5.41) is 7.84. The summed E-state index contributed by atoms with van der Waals surface area (Å²) >= 11 is 0. The molecular formula is C17H33ClN6O4. The highest BCUT2D eigenvalue weighted by Crippen LogP contribution is 2.05. The number of amides is 3. The molecule has 3 amide bonds. The van der Waals surface area contributed by atoms with E-state index in [2.05, 4.69) is 20.9 Å². The third-order valence-corrected chi connectivity index (χ3v) is 3.58. The summed E-state index contributed by atoms with van der Waals surface area (Å²) in [7, 11) is 0. The molecule has 0 aliphatic heterocycles. The molecule has 8 N–H and O–H groups in total.